The number of aromatic carboxylic acids is 2. The van der Waals surface area contributed by atoms with E-state index in [1.165, 1.54) is 30.3 Å². The van der Waals surface area contributed by atoms with Crippen molar-refractivity contribution >= 4 is 11.9 Å². The van der Waals surface area contributed by atoms with Crippen molar-refractivity contribution in [3.63, 3.8) is 0 Å². The summed E-state index contributed by atoms with van der Waals surface area (Å²) >= 11 is 0. The van der Waals surface area contributed by atoms with Gasteiger partial charge in [0.1, 0.15) is 17.2 Å². The number of carboxylic acid groups (broad SMARTS) is 2. The summed E-state index contributed by atoms with van der Waals surface area (Å²) in [5, 5.41) is 16.9. The van der Waals surface area contributed by atoms with Gasteiger partial charge in [-0.2, -0.15) is 17.6 Å². The third-order valence-corrected chi connectivity index (χ3v) is 4.51. The van der Waals surface area contributed by atoms with E-state index in [1.54, 1.807) is 36.7 Å². The molecule has 2 aromatic heterocycles. The molecule has 4 rings (SSSR count). The number of rotatable bonds is 8. The fraction of sp³-hybridized carbons (Fsp3) is 0.143. The van der Waals surface area contributed by atoms with Crippen LogP contribution >= 0.6 is 0 Å². The number of nitrogens with zero attached hydrogens (tertiary/aromatic N) is 2. The molecular formula is C28H28F4N4O6. The molecule has 42 heavy (non-hydrogen) atoms. The van der Waals surface area contributed by atoms with Gasteiger partial charge in [0.25, 0.3) is 0 Å². The van der Waals surface area contributed by atoms with Crippen LogP contribution in [-0.2, 0) is 13.1 Å². The molecule has 224 valence electrons. The van der Waals surface area contributed by atoms with E-state index in [2.05, 4.69) is 19.4 Å². The van der Waals surface area contributed by atoms with Gasteiger partial charge in [0, 0.05) is 31.7 Å². The predicted octanol–water partition coefficient (Wildman–Crippen LogP) is 5.05. The summed E-state index contributed by atoms with van der Waals surface area (Å²) < 4.78 is 55.1. The molecule has 6 N–H and O–H groups in total. The van der Waals surface area contributed by atoms with Gasteiger partial charge in [-0.1, -0.05) is 30.3 Å². The van der Waals surface area contributed by atoms with E-state index in [0.717, 1.165) is 23.4 Å². The molecule has 0 saturated heterocycles. The molecule has 14 heteroatoms. The lowest BCUT2D eigenvalue weighted by atomic mass is 10.2. The second-order valence-electron chi connectivity index (χ2n) is 7.52. The van der Waals surface area contributed by atoms with Gasteiger partial charge in [0.15, 0.2) is 0 Å². The Hall–Kier alpha value is -5.08. The van der Waals surface area contributed by atoms with Crippen LogP contribution in [0.25, 0.3) is 0 Å². The summed E-state index contributed by atoms with van der Waals surface area (Å²) in [6, 6.07) is 20.6. The summed E-state index contributed by atoms with van der Waals surface area (Å²) in [6.07, 6.45) is 4.65. The number of nitrogens with two attached hydrogens (primary N) is 2. The van der Waals surface area contributed by atoms with Crippen molar-refractivity contribution in [1.29, 1.82) is 0 Å². The number of ether oxygens (including phenoxy) is 2. The average molecular weight is 593 g/mol. The first kappa shape index (κ1) is 34.9. The number of aromatic nitrogens is 2. The zero-order valence-corrected chi connectivity index (χ0v) is 21.9. The smallest absolute Gasteiger partial charge is 0.387 e. The first-order valence-corrected chi connectivity index (χ1v) is 11.8. The zero-order valence-electron chi connectivity index (χ0n) is 21.9. The number of pyridine rings is 2. The lowest BCUT2D eigenvalue weighted by Gasteiger charge is -2.04. The van der Waals surface area contributed by atoms with Crippen LogP contribution in [0.5, 0.6) is 11.5 Å². The number of carbonyl (C=O) groups is 2. The quantitative estimate of drug-likeness (QED) is 0.203. The molecule has 0 aliphatic heterocycles. The number of hydrogen-bond acceptors (Lipinski definition) is 8. The van der Waals surface area contributed by atoms with Gasteiger partial charge >= 0.3 is 25.2 Å². The molecule has 0 spiro atoms. The van der Waals surface area contributed by atoms with E-state index >= 15 is 0 Å². The summed E-state index contributed by atoms with van der Waals surface area (Å²) in [6.45, 7) is -4.92. The molecule has 0 aliphatic rings. The highest BCUT2D eigenvalue weighted by molar-refractivity contribution is 5.92. The Morgan fingerprint density at radius 3 is 1.52 bits per heavy atom. The molecule has 0 saturated carbocycles. The standard InChI is InChI=1S/2C8H9F2NO.C7H5NO4.C5H5N/c2*9-8(10)12-7-3-1-2-6(4-7)5-11;9-6(10)4-1-2-8-5(3-4)7(11)12;1-2-4-6-5-3-1/h2*1-4,8H,5,11H2;1-3H,(H,9,10)(H,11,12);1-5H. The summed E-state index contributed by atoms with van der Waals surface area (Å²) in [5.41, 5.74) is 11.8. The highest BCUT2D eigenvalue weighted by Crippen LogP contribution is 2.16. The van der Waals surface area contributed by atoms with Crippen molar-refractivity contribution in [1.82, 2.24) is 9.97 Å². The second kappa shape index (κ2) is 19.9. The Morgan fingerprint density at radius 2 is 1.19 bits per heavy atom. The maximum atomic E-state index is 11.7. The van der Waals surface area contributed by atoms with E-state index in [0.29, 0.717) is 13.1 Å². The highest BCUT2D eigenvalue weighted by Gasteiger charge is 2.08. The molecule has 0 fully saturated rings. The minimum Gasteiger partial charge on any atom is -0.478 e. The summed E-state index contributed by atoms with van der Waals surface area (Å²) in [7, 11) is 0. The maximum absolute atomic E-state index is 11.7. The molecular weight excluding hydrogens is 564 g/mol. The van der Waals surface area contributed by atoms with Gasteiger partial charge in [-0.25, -0.2) is 14.6 Å². The molecule has 0 aliphatic carbocycles. The van der Waals surface area contributed by atoms with Crippen molar-refractivity contribution < 1.29 is 46.8 Å². The average Bonchev–Trinajstić information content (AvgIpc) is 2.98. The number of hydrogen-bond donors (Lipinski definition) is 4. The second-order valence-corrected chi connectivity index (χ2v) is 7.52. The minimum atomic E-state index is -2.78. The van der Waals surface area contributed by atoms with Gasteiger partial charge in [-0.3, -0.25) is 4.98 Å². The van der Waals surface area contributed by atoms with Crippen LogP contribution < -0.4 is 20.9 Å². The zero-order chi connectivity index (χ0) is 31.3. The monoisotopic (exact) mass is 592 g/mol. The minimum absolute atomic E-state index is 0.0811. The van der Waals surface area contributed by atoms with Gasteiger partial charge in [-0.05, 0) is 59.7 Å². The molecule has 10 nitrogen and oxygen atoms in total. The van der Waals surface area contributed by atoms with Crippen LogP contribution in [0.15, 0.2) is 97.5 Å². The van der Waals surface area contributed by atoms with E-state index < -0.39 is 25.2 Å². The van der Waals surface area contributed by atoms with Crippen LogP contribution in [0, 0.1) is 0 Å². The third-order valence-electron chi connectivity index (χ3n) is 4.51. The molecule has 2 heterocycles. The number of carboxylic acids is 2. The van der Waals surface area contributed by atoms with E-state index in [9.17, 15) is 27.2 Å². The summed E-state index contributed by atoms with van der Waals surface area (Å²) in [4.78, 5) is 27.9. The Morgan fingerprint density at radius 1 is 0.690 bits per heavy atom. The van der Waals surface area contributed by atoms with Gasteiger partial charge in [0.2, 0.25) is 0 Å². The molecule has 0 unspecified atom stereocenters. The Bertz CT molecular complexity index is 1240. The molecule has 0 bridgehead atoms. The van der Waals surface area contributed by atoms with Crippen LogP contribution in [0.4, 0.5) is 17.6 Å². The molecule has 0 atom stereocenters. The van der Waals surface area contributed by atoms with Crippen LogP contribution in [0.3, 0.4) is 0 Å². The molecule has 2 aromatic carbocycles. The first-order chi connectivity index (χ1) is 20.0. The van der Waals surface area contributed by atoms with Crippen molar-refractivity contribution in [2.45, 2.75) is 26.3 Å². The molecule has 0 radical (unpaired) electrons. The largest absolute Gasteiger partial charge is 0.478 e. The molecule has 4 aromatic rings. The fourth-order valence-electron chi connectivity index (χ4n) is 2.69. The first-order valence-electron chi connectivity index (χ1n) is 11.8. The number of benzene rings is 2. The number of halogens is 4. The van der Waals surface area contributed by atoms with E-state index in [-0.39, 0.29) is 22.8 Å². The maximum Gasteiger partial charge on any atom is 0.387 e. The summed E-state index contributed by atoms with van der Waals surface area (Å²) in [5.74, 6) is -2.11. The van der Waals surface area contributed by atoms with Crippen LogP contribution in [-0.4, -0.2) is 45.3 Å². The van der Waals surface area contributed by atoms with Crippen molar-refractivity contribution in [2.24, 2.45) is 11.5 Å². The SMILES string of the molecule is NCc1cccc(OC(F)F)c1.NCc1cccc(OC(F)F)c1.O=C(O)c1ccnc(C(=O)O)c1.c1ccncc1. The lowest BCUT2D eigenvalue weighted by molar-refractivity contribution is -0.0505. The van der Waals surface area contributed by atoms with Crippen molar-refractivity contribution in [3.8, 4) is 11.5 Å². The van der Waals surface area contributed by atoms with Crippen molar-refractivity contribution in [2.75, 3.05) is 0 Å². The Kier molecular flexibility index (Phi) is 16.6. The third kappa shape index (κ3) is 15.5. The Balaban J connectivity index is 0.000000287. The van der Waals surface area contributed by atoms with E-state index in [1.807, 2.05) is 18.2 Å². The molecule has 0 amide bonds. The van der Waals surface area contributed by atoms with Gasteiger partial charge in [-0.15, -0.1) is 0 Å². The van der Waals surface area contributed by atoms with Crippen molar-refractivity contribution in [3.05, 3.63) is 120 Å². The van der Waals surface area contributed by atoms with Crippen LogP contribution in [0.2, 0.25) is 0 Å². The van der Waals surface area contributed by atoms with Gasteiger partial charge in [0.05, 0.1) is 5.56 Å². The van der Waals surface area contributed by atoms with Gasteiger partial charge < -0.3 is 31.2 Å². The Labute approximate surface area is 238 Å². The predicted molar refractivity (Wildman–Crippen MR) is 144 cm³/mol. The number of alkyl halides is 4. The highest BCUT2D eigenvalue weighted by atomic mass is 19.3. The fourth-order valence-corrected chi connectivity index (χ4v) is 2.69. The normalized spacial score (nSPS) is 9.71. The van der Waals surface area contributed by atoms with E-state index in [4.69, 9.17) is 21.7 Å². The lowest BCUT2D eigenvalue weighted by Crippen LogP contribution is -2.03. The van der Waals surface area contributed by atoms with Crippen LogP contribution in [0.1, 0.15) is 32.0 Å². The topological polar surface area (TPSA) is 171 Å².